The van der Waals surface area contributed by atoms with Gasteiger partial charge in [0, 0.05) is 6.42 Å². The highest BCUT2D eigenvalue weighted by Crippen LogP contribution is 2.43. The molecule has 4 heteroatoms. The smallest absolute Gasteiger partial charge is 0.142 e. The summed E-state index contributed by atoms with van der Waals surface area (Å²) in [7, 11) is 0. The van der Waals surface area contributed by atoms with Gasteiger partial charge in [-0.05, 0) is 24.4 Å². The molecule has 0 atom stereocenters. The topological polar surface area (TPSA) is 51.8 Å². The quantitative estimate of drug-likeness (QED) is 0.720. The Bertz CT molecular complexity index is 264. The van der Waals surface area contributed by atoms with Crippen molar-refractivity contribution >= 4 is 11.5 Å². The molecule has 60 valence electrons. The van der Waals surface area contributed by atoms with Gasteiger partial charge >= 0.3 is 0 Å². The van der Waals surface area contributed by atoms with Gasteiger partial charge in [0.25, 0.3) is 0 Å². The minimum atomic E-state index is -0.0922. The van der Waals surface area contributed by atoms with Gasteiger partial charge in [0.15, 0.2) is 0 Å². The van der Waals surface area contributed by atoms with E-state index in [1.165, 1.54) is 11.5 Å². The summed E-state index contributed by atoms with van der Waals surface area (Å²) in [6.45, 7) is 2.06. The van der Waals surface area contributed by atoms with Gasteiger partial charge in [0.05, 0.1) is 5.54 Å². The van der Waals surface area contributed by atoms with Gasteiger partial charge in [-0.1, -0.05) is 6.92 Å². The lowest BCUT2D eigenvalue weighted by atomic mass is 10.3. The lowest BCUT2D eigenvalue weighted by Gasteiger charge is -1.99. The minimum absolute atomic E-state index is 0.0922. The second-order valence-electron chi connectivity index (χ2n) is 3.03. The SMILES string of the molecule is CCc1nsc(C2(N)CC2)n1. The molecule has 2 N–H and O–H groups in total. The monoisotopic (exact) mass is 169 g/mol. The molecule has 1 fully saturated rings. The average molecular weight is 169 g/mol. The summed E-state index contributed by atoms with van der Waals surface area (Å²) in [4.78, 5) is 4.34. The molecule has 0 spiro atoms. The molecule has 0 bridgehead atoms. The fourth-order valence-corrected chi connectivity index (χ4v) is 1.84. The number of aromatic nitrogens is 2. The van der Waals surface area contributed by atoms with E-state index in [1.54, 1.807) is 0 Å². The molecule has 0 saturated heterocycles. The van der Waals surface area contributed by atoms with E-state index >= 15 is 0 Å². The summed E-state index contributed by atoms with van der Waals surface area (Å²) >= 11 is 1.46. The minimum Gasteiger partial charge on any atom is -0.319 e. The van der Waals surface area contributed by atoms with Crippen molar-refractivity contribution in [1.29, 1.82) is 0 Å². The van der Waals surface area contributed by atoms with E-state index in [4.69, 9.17) is 5.73 Å². The first-order valence-electron chi connectivity index (χ1n) is 3.86. The van der Waals surface area contributed by atoms with Crippen molar-refractivity contribution in [2.45, 2.75) is 31.7 Å². The van der Waals surface area contributed by atoms with Gasteiger partial charge in [-0.25, -0.2) is 4.98 Å². The lowest BCUT2D eigenvalue weighted by molar-refractivity contribution is 0.724. The molecule has 0 aromatic carbocycles. The molecule has 0 radical (unpaired) electrons. The van der Waals surface area contributed by atoms with Crippen LogP contribution in [0.3, 0.4) is 0 Å². The van der Waals surface area contributed by atoms with Crippen molar-refractivity contribution in [3.8, 4) is 0 Å². The maximum Gasteiger partial charge on any atom is 0.142 e. The van der Waals surface area contributed by atoms with Crippen LogP contribution in [0.2, 0.25) is 0 Å². The van der Waals surface area contributed by atoms with Crippen LogP contribution in [0.25, 0.3) is 0 Å². The number of hydrogen-bond donors (Lipinski definition) is 1. The molecular formula is C7H11N3S. The number of hydrogen-bond acceptors (Lipinski definition) is 4. The largest absolute Gasteiger partial charge is 0.319 e. The van der Waals surface area contributed by atoms with Crippen LogP contribution < -0.4 is 5.73 Å². The molecular weight excluding hydrogens is 158 g/mol. The fraction of sp³-hybridized carbons (Fsp3) is 0.714. The first kappa shape index (κ1) is 7.18. The predicted octanol–water partition coefficient (Wildman–Crippen LogP) is 1.05. The van der Waals surface area contributed by atoms with E-state index in [-0.39, 0.29) is 5.54 Å². The Hall–Kier alpha value is -0.480. The van der Waals surface area contributed by atoms with Crippen LogP contribution >= 0.6 is 11.5 Å². The molecule has 1 aromatic rings. The van der Waals surface area contributed by atoms with Crippen molar-refractivity contribution in [2.24, 2.45) is 5.73 Å². The van der Waals surface area contributed by atoms with Crippen molar-refractivity contribution in [3.05, 3.63) is 10.8 Å². The highest BCUT2D eigenvalue weighted by atomic mass is 32.1. The van der Waals surface area contributed by atoms with Crippen LogP contribution in [0.5, 0.6) is 0 Å². The molecule has 11 heavy (non-hydrogen) atoms. The van der Waals surface area contributed by atoms with Crippen molar-refractivity contribution < 1.29 is 0 Å². The maximum absolute atomic E-state index is 5.94. The standard InChI is InChI=1S/C7H11N3S/c1-2-5-9-6(11-10-5)7(8)3-4-7/h2-4,8H2,1H3. The Morgan fingerprint density at radius 3 is 2.82 bits per heavy atom. The predicted molar refractivity (Wildman–Crippen MR) is 44.4 cm³/mol. The molecule has 1 aliphatic rings. The number of aryl methyl sites for hydroxylation is 1. The van der Waals surface area contributed by atoms with Gasteiger partial charge in [-0.3, -0.25) is 0 Å². The van der Waals surface area contributed by atoms with Crippen molar-refractivity contribution in [2.75, 3.05) is 0 Å². The number of nitrogens with zero attached hydrogens (tertiary/aromatic N) is 2. The molecule has 1 aliphatic carbocycles. The van der Waals surface area contributed by atoms with Crippen molar-refractivity contribution in [3.63, 3.8) is 0 Å². The Morgan fingerprint density at radius 1 is 1.64 bits per heavy atom. The second-order valence-corrected chi connectivity index (χ2v) is 3.78. The van der Waals surface area contributed by atoms with E-state index in [1.807, 2.05) is 0 Å². The van der Waals surface area contributed by atoms with Crippen LogP contribution in [-0.2, 0) is 12.0 Å². The summed E-state index contributed by atoms with van der Waals surface area (Å²) in [6, 6.07) is 0. The highest BCUT2D eigenvalue weighted by molar-refractivity contribution is 7.05. The summed E-state index contributed by atoms with van der Waals surface area (Å²) in [5, 5.41) is 1.02. The summed E-state index contributed by atoms with van der Waals surface area (Å²) in [5.41, 5.74) is 5.85. The van der Waals surface area contributed by atoms with E-state index < -0.39 is 0 Å². The summed E-state index contributed by atoms with van der Waals surface area (Å²) in [5.74, 6) is 0.932. The number of nitrogens with two attached hydrogens (primary N) is 1. The Balaban J connectivity index is 2.25. The number of rotatable bonds is 2. The van der Waals surface area contributed by atoms with Gasteiger partial charge in [-0.15, -0.1) is 0 Å². The summed E-state index contributed by atoms with van der Waals surface area (Å²) in [6.07, 6.45) is 3.06. The third kappa shape index (κ3) is 1.16. The van der Waals surface area contributed by atoms with E-state index in [0.717, 1.165) is 30.1 Å². The van der Waals surface area contributed by atoms with Crippen molar-refractivity contribution in [1.82, 2.24) is 9.36 Å². The first-order chi connectivity index (χ1) is 5.24. The van der Waals surface area contributed by atoms with Gasteiger partial charge < -0.3 is 5.73 Å². The van der Waals surface area contributed by atoms with Crippen LogP contribution in [-0.4, -0.2) is 9.36 Å². The molecule has 1 saturated carbocycles. The highest BCUT2D eigenvalue weighted by Gasteiger charge is 2.43. The molecule has 1 aromatic heterocycles. The zero-order valence-corrected chi connectivity index (χ0v) is 7.32. The van der Waals surface area contributed by atoms with Crippen LogP contribution in [0.1, 0.15) is 30.6 Å². The zero-order chi connectivity index (χ0) is 7.90. The lowest BCUT2D eigenvalue weighted by Crippen LogP contribution is -2.18. The Labute approximate surface area is 69.8 Å². The van der Waals surface area contributed by atoms with Gasteiger partial charge in [-0.2, -0.15) is 4.37 Å². The van der Waals surface area contributed by atoms with E-state index in [9.17, 15) is 0 Å². The summed E-state index contributed by atoms with van der Waals surface area (Å²) < 4.78 is 4.19. The van der Waals surface area contributed by atoms with Crippen LogP contribution in [0.4, 0.5) is 0 Å². The third-order valence-corrected chi connectivity index (χ3v) is 2.97. The molecule has 1 heterocycles. The van der Waals surface area contributed by atoms with Crippen LogP contribution in [0.15, 0.2) is 0 Å². The van der Waals surface area contributed by atoms with Crippen LogP contribution in [0, 0.1) is 0 Å². The van der Waals surface area contributed by atoms with E-state index in [0.29, 0.717) is 0 Å². The molecule has 0 amide bonds. The van der Waals surface area contributed by atoms with E-state index in [2.05, 4.69) is 16.3 Å². The molecule has 2 rings (SSSR count). The normalized spacial score (nSPS) is 20.2. The third-order valence-electron chi connectivity index (χ3n) is 2.00. The Morgan fingerprint density at radius 2 is 2.36 bits per heavy atom. The molecule has 0 aliphatic heterocycles. The average Bonchev–Trinajstić information content (AvgIpc) is 2.61. The maximum atomic E-state index is 5.94. The molecule has 0 unspecified atom stereocenters. The Kier molecular flexibility index (Phi) is 1.47. The van der Waals surface area contributed by atoms with Gasteiger partial charge in [0.1, 0.15) is 10.8 Å². The molecule has 3 nitrogen and oxygen atoms in total. The first-order valence-corrected chi connectivity index (χ1v) is 4.64. The second kappa shape index (κ2) is 2.25. The van der Waals surface area contributed by atoms with Gasteiger partial charge in [0.2, 0.25) is 0 Å². The fourth-order valence-electron chi connectivity index (χ4n) is 0.948. The zero-order valence-electron chi connectivity index (χ0n) is 6.50.